The van der Waals surface area contributed by atoms with Crippen LogP contribution >= 0.6 is 11.6 Å². The maximum Gasteiger partial charge on any atom is 0.343 e. The average Bonchev–Trinajstić information content (AvgIpc) is 2.90. The van der Waals surface area contributed by atoms with E-state index in [1.807, 2.05) is 0 Å². The summed E-state index contributed by atoms with van der Waals surface area (Å²) in [5.41, 5.74) is 1.75. The van der Waals surface area contributed by atoms with E-state index in [2.05, 4.69) is 0 Å². The molecule has 2 aromatic rings. The van der Waals surface area contributed by atoms with Gasteiger partial charge >= 0.3 is 11.9 Å². The molecule has 120 valence electrons. The summed E-state index contributed by atoms with van der Waals surface area (Å²) in [5, 5.41) is 0.606. The maximum atomic E-state index is 12.1. The molecule has 1 aliphatic heterocycles. The Balaban J connectivity index is 1.94. The highest BCUT2D eigenvalue weighted by Gasteiger charge is 2.22. The molecule has 0 saturated heterocycles. The number of ether oxygens (including phenoxy) is 2. The van der Waals surface area contributed by atoms with Gasteiger partial charge in [-0.3, -0.25) is 4.79 Å². The number of hydrogen-bond donors (Lipinski definition) is 0. The van der Waals surface area contributed by atoms with Crippen LogP contribution in [0.5, 0.6) is 5.75 Å². The molecule has 0 fully saturated rings. The van der Waals surface area contributed by atoms with Gasteiger partial charge in [0.25, 0.3) is 0 Å². The smallest absolute Gasteiger partial charge is 0.343 e. The molecule has 0 radical (unpaired) electrons. The Morgan fingerprint density at radius 1 is 1.12 bits per heavy atom. The van der Waals surface area contributed by atoms with Crippen LogP contribution in [-0.4, -0.2) is 11.9 Å². The van der Waals surface area contributed by atoms with Crippen molar-refractivity contribution in [1.29, 1.82) is 0 Å². The largest absolute Gasteiger partial charge is 0.426 e. The molecule has 4 nitrogen and oxygen atoms in total. The first kappa shape index (κ1) is 16.0. The van der Waals surface area contributed by atoms with Crippen molar-refractivity contribution < 1.29 is 19.1 Å². The molecule has 1 aliphatic rings. The van der Waals surface area contributed by atoms with Gasteiger partial charge in [-0.2, -0.15) is 0 Å². The van der Waals surface area contributed by atoms with Gasteiger partial charge < -0.3 is 9.47 Å². The van der Waals surface area contributed by atoms with Crippen LogP contribution in [0.1, 0.15) is 18.1 Å². The number of carbonyl (C=O) groups excluding carboxylic acids is 2. The lowest BCUT2D eigenvalue weighted by molar-refractivity contribution is -0.132. The molecule has 0 aliphatic carbocycles. The van der Waals surface area contributed by atoms with E-state index in [4.69, 9.17) is 21.1 Å². The van der Waals surface area contributed by atoms with Crippen LogP contribution in [0.3, 0.4) is 0 Å². The molecule has 0 unspecified atom stereocenters. The molecule has 1 heterocycles. The number of benzene rings is 2. The Hall–Kier alpha value is -2.85. The quantitative estimate of drug-likeness (QED) is 0.476. The Bertz CT molecular complexity index is 863. The molecule has 3 rings (SSSR count). The number of rotatable bonds is 3. The summed E-state index contributed by atoms with van der Waals surface area (Å²) < 4.78 is 10.4. The van der Waals surface area contributed by atoms with Gasteiger partial charge in [0.15, 0.2) is 0 Å². The molecule has 0 amide bonds. The summed E-state index contributed by atoms with van der Waals surface area (Å²) in [5.74, 6) is -0.0450. The predicted octanol–water partition coefficient (Wildman–Crippen LogP) is 4.25. The minimum absolute atomic E-state index is 0.375. The topological polar surface area (TPSA) is 52.6 Å². The van der Waals surface area contributed by atoms with Crippen LogP contribution in [0.2, 0.25) is 5.02 Å². The lowest BCUT2D eigenvalue weighted by Crippen LogP contribution is -2.03. The summed E-state index contributed by atoms with van der Waals surface area (Å²) in [6.45, 7) is 1.33. The van der Waals surface area contributed by atoms with Gasteiger partial charge in [-0.1, -0.05) is 29.8 Å². The van der Waals surface area contributed by atoms with Gasteiger partial charge in [0.1, 0.15) is 11.5 Å². The lowest BCUT2D eigenvalue weighted by Gasteiger charge is -2.05. The molecule has 0 bridgehead atoms. The fourth-order valence-corrected chi connectivity index (χ4v) is 2.39. The zero-order chi connectivity index (χ0) is 17.1. The van der Waals surface area contributed by atoms with Gasteiger partial charge in [-0.25, -0.2) is 4.79 Å². The Morgan fingerprint density at radius 2 is 1.83 bits per heavy atom. The molecule has 0 N–H and O–H groups in total. The van der Waals surface area contributed by atoms with Crippen LogP contribution in [0, 0.1) is 0 Å². The van der Waals surface area contributed by atoms with Crippen molar-refractivity contribution in [1.82, 2.24) is 0 Å². The normalized spacial score (nSPS) is 15.2. The van der Waals surface area contributed by atoms with Crippen molar-refractivity contribution in [3.05, 3.63) is 76.3 Å². The van der Waals surface area contributed by atoms with Crippen LogP contribution in [0.25, 0.3) is 11.8 Å². The minimum atomic E-state index is -0.461. The van der Waals surface area contributed by atoms with Crippen LogP contribution in [-0.2, 0) is 14.3 Å². The van der Waals surface area contributed by atoms with E-state index < -0.39 is 11.9 Å². The SMILES string of the molecule is CC(=O)Oc1ccccc1C=C1C=C(c2ccc(Cl)cc2)OC1=O. The molecular formula is C19H13ClO4. The first-order valence-electron chi connectivity index (χ1n) is 7.22. The third-order valence-electron chi connectivity index (χ3n) is 3.34. The van der Waals surface area contributed by atoms with Gasteiger partial charge in [-0.15, -0.1) is 0 Å². The summed E-state index contributed by atoms with van der Waals surface area (Å²) in [6.07, 6.45) is 3.28. The summed E-state index contributed by atoms with van der Waals surface area (Å²) in [6, 6.07) is 14.0. The number of hydrogen-bond acceptors (Lipinski definition) is 4. The standard InChI is InChI=1S/C19H13ClO4/c1-12(21)23-17-5-3-2-4-14(17)10-15-11-18(24-19(15)22)13-6-8-16(20)9-7-13/h2-11H,1H3. The summed E-state index contributed by atoms with van der Waals surface area (Å²) in [4.78, 5) is 23.3. The molecule has 0 atom stereocenters. The predicted molar refractivity (Wildman–Crippen MR) is 91.2 cm³/mol. The second-order valence-electron chi connectivity index (χ2n) is 5.14. The third-order valence-corrected chi connectivity index (χ3v) is 3.59. The number of cyclic esters (lactones) is 1. The maximum absolute atomic E-state index is 12.1. The van der Waals surface area contributed by atoms with E-state index in [0.29, 0.717) is 27.7 Å². The van der Waals surface area contributed by atoms with Crippen molar-refractivity contribution in [3.63, 3.8) is 0 Å². The van der Waals surface area contributed by atoms with Gasteiger partial charge in [0.2, 0.25) is 0 Å². The van der Waals surface area contributed by atoms with E-state index in [1.165, 1.54) is 6.92 Å². The van der Waals surface area contributed by atoms with E-state index in [9.17, 15) is 9.59 Å². The van der Waals surface area contributed by atoms with Crippen LogP contribution < -0.4 is 4.74 Å². The van der Waals surface area contributed by atoms with Gasteiger partial charge in [0.05, 0.1) is 5.57 Å². The fraction of sp³-hybridized carbons (Fsp3) is 0.0526. The van der Waals surface area contributed by atoms with Crippen LogP contribution in [0.15, 0.2) is 60.2 Å². The molecule has 0 spiro atoms. The van der Waals surface area contributed by atoms with E-state index in [0.717, 1.165) is 5.56 Å². The zero-order valence-electron chi connectivity index (χ0n) is 12.8. The molecule has 0 saturated carbocycles. The second kappa shape index (κ2) is 6.72. The monoisotopic (exact) mass is 340 g/mol. The van der Waals surface area contributed by atoms with Crippen molar-refractivity contribution in [2.45, 2.75) is 6.92 Å². The highest BCUT2D eigenvalue weighted by atomic mass is 35.5. The zero-order valence-corrected chi connectivity index (χ0v) is 13.5. The van der Waals surface area contributed by atoms with Crippen molar-refractivity contribution >= 4 is 35.4 Å². The number of para-hydroxylation sites is 1. The van der Waals surface area contributed by atoms with Crippen molar-refractivity contribution in [2.75, 3.05) is 0 Å². The molecule has 24 heavy (non-hydrogen) atoms. The molecule has 2 aromatic carbocycles. The lowest BCUT2D eigenvalue weighted by atomic mass is 10.1. The fourth-order valence-electron chi connectivity index (χ4n) is 2.26. The minimum Gasteiger partial charge on any atom is -0.426 e. The average molecular weight is 341 g/mol. The van der Waals surface area contributed by atoms with Crippen molar-refractivity contribution in [3.8, 4) is 5.75 Å². The first-order chi connectivity index (χ1) is 11.5. The first-order valence-corrected chi connectivity index (χ1v) is 7.60. The highest BCUT2D eigenvalue weighted by Crippen LogP contribution is 2.30. The van der Waals surface area contributed by atoms with E-state index >= 15 is 0 Å². The molecular weight excluding hydrogens is 328 g/mol. The third kappa shape index (κ3) is 3.55. The number of esters is 2. The van der Waals surface area contributed by atoms with Gasteiger partial charge in [-0.05, 0) is 42.5 Å². The molecule has 5 heteroatoms. The number of halogens is 1. The Labute approximate surface area is 144 Å². The summed E-state index contributed by atoms with van der Waals surface area (Å²) in [7, 11) is 0. The van der Waals surface area contributed by atoms with E-state index in [-0.39, 0.29) is 0 Å². The number of carbonyl (C=O) groups is 2. The van der Waals surface area contributed by atoms with Gasteiger partial charge in [0, 0.05) is 23.1 Å². The van der Waals surface area contributed by atoms with E-state index in [1.54, 1.807) is 60.7 Å². The Morgan fingerprint density at radius 3 is 2.54 bits per heavy atom. The summed E-state index contributed by atoms with van der Waals surface area (Å²) >= 11 is 5.86. The van der Waals surface area contributed by atoms with Crippen LogP contribution in [0.4, 0.5) is 0 Å². The Kier molecular flexibility index (Phi) is 4.49. The molecule has 0 aromatic heterocycles. The van der Waals surface area contributed by atoms with Crippen molar-refractivity contribution in [2.24, 2.45) is 0 Å². The second-order valence-corrected chi connectivity index (χ2v) is 5.57. The highest BCUT2D eigenvalue weighted by molar-refractivity contribution is 6.30.